The Hall–Kier alpha value is -3.69. The zero-order valence-electron chi connectivity index (χ0n) is 25.9. The van der Waals surface area contributed by atoms with Crippen LogP contribution in [0.25, 0.3) is 0 Å². The van der Waals surface area contributed by atoms with Crippen molar-refractivity contribution in [3.05, 3.63) is 66.7 Å². The first kappa shape index (κ1) is 30.0. The van der Waals surface area contributed by atoms with Crippen LogP contribution in [0.1, 0.15) is 57.8 Å². The smallest absolute Gasteiger partial charge is 0.246 e. The number of anilines is 1. The second kappa shape index (κ2) is 13.0. The van der Waals surface area contributed by atoms with Crippen LogP contribution in [0.2, 0.25) is 0 Å². The number of benzene rings is 2. The van der Waals surface area contributed by atoms with Crippen LogP contribution in [0.5, 0.6) is 11.5 Å². The molecule has 4 heterocycles. The molecule has 1 spiro atoms. The summed E-state index contributed by atoms with van der Waals surface area (Å²) in [5.41, 5.74) is -0.537. The summed E-state index contributed by atoms with van der Waals surface area (Å²) in [4.78, 5) is 46.4. The average Bonchev–Trinajstić information content (AvgIpc) is 3.60. The van der Waals surface area contributed by atoms with Crippen LogP contribution in [0.4, 0.5) is 5.69 Å². The first-order valence-corrected chi connectivity index (χ1v) is 16.9. The van der Waals surface area contributed by atoms with Crippen molar-refractivity contribution in [1.29, 1.82) is 0 Å². The Kier molecular flexibility index (Phi) is 8.64. The largest absolute Gasteiger partial charge is 0.457 e. The molecule has 0 aromatic heterocycles. The summed E-state index contributed by atoms with van der Waals surface area (Å²) in [6.07, 6.45) is 13.3. The molecule has 4 aliphatic heterocycles. The Morgan fingerprint density at radius 2 is 1.53 bits per heavy atom. The quantitative estimate of drug-likeness (QED) is 0.391. The third-order valence-electron chi connectivity index (χ3n) is 10.3. The summed E-state index contributed by atoms with van der Waals surface area (Å²) < 4.78 is 12.4. The van der Waals surface area contributed by atoms with E-state index in [0.717, 1.165) is 57.4 Å². The van der Waals surface area contributed by atoms with Gasteiger partial charge >= 0.3 is 0 Å². The molecule has 2 bridgehead atoms. The number of carbonyl (C=O) groups excluding carboxylic acids is 3. The number of ether oxygens (including phenoxy) is 2. The lowest BCUT2D eigenvalue weighted by Gasteiger charge is -2.35. The molecule has 0 unspecified atom stereocenters. The van der Waals surface area contributed by atoms with E-state index in [1.807, 2.05) is 42.5 Å². The van der Waals surface area contributed by atoms with Crippen LogP contribution < -0.4 is 15.4 Å². The Bertz CT molecular complexity index is 1400. The molecule has 5 atom stereocenters. The number of fused-ring (bicyclic) bond motifs is 1. The highest BCUT2D eigenvalue weighted by Crippen LogP contribution is 2.55. The van der Waals surface area contributed by atoms with Gasteiger partial charge in [-0.3, -0.25) is 14.4 Å². The van der Waals surface area contributed by atoms with Crippen molar-refractivity contribution in [3.63, 3.8) is 0 Å². The van der Waals surface area contributed by atoms with Gasteiger partial charge in [0, 0.05) is 24.8 Å². The number of carbonyl (C=O) groups is 3. The van der Waals surface area contributed by atoms with Gasteiger partial charge in [0.25, 0.3) is 0 Å². The van der Waals surface area contributed by atoms with Gasteiger partial charge in [0.15, 0.2) is 0 Å². The summed E-state index contributed by atoms with van der Waals surface area (Å²) in [5.74, 6) is -0.687. The van der Waals surface area contributed by atoms with Crippen molar-refractivity contribution >= 4 is 23.4 Å². The van der Waals surface area contributed by atoms with E-state index in [4.69, 9.17) is 9.47 Å². The van der Waals surface area contributed by atoms with E-state index in [1.165, 1.54) is 19.3 Å². The van der Waals surface area contributed by atoms with Crippen LogP contribution in [0.3, 0.4) is 0 Å². The van der Waals surface area contributed by atoms with E-state index in [2.05, 4.69) is 15.5 Å². The highest BCUT2D eigenvalue weighted by Gasteiger charge is 2.72. The molecule has 2 aromatic carbocycles. The normalized spacial score (nSPS) is 29.8. The van der Waals surface area contributed by atoms with Gasteiger partial charge in [-0.2, -0.15) is 0 Å². The van der Waals surface area contributed by atoms with Crippen molar-refractivity contribution in [2.75, 3.05) is 31.5 Å². The van der Waals surface area contributed by atoms with Crippen LogP contribution in [-0.4, -0.2) is 77.5 Å². The van der Waals surface area contributed by atoms with E-state index in [1.54, 1.807) is 29.2 Å². The summed E-state index contributed by atoms with van der Waals surface area (Å²) in [6.45, 7) is 3.17. The first-order valence-electron chi connectivity index (χ1n) is 16.9. The molecule has 1 aliphatic carbocycles. The molecule has 5 aliphatic rings. The maximum atomic E-state index is 14.3. The summed E-state index contributed by atoms with van der Waals surface area (Å²) in [7, 11) is 0. The van der Waals surface area contributed by atoms with Gasteiger partial charge in [-0.15, -0.1) is 0 Å². The molecule has 3 amide bonds. The van der Waals surface area contributed by atoms with Gasteiger partial charge in [0.2, 0.25) is 17.7 Å². The number of nitrogens with one attached hydrogen (secondary N) is 2. The van der Waals surface area contributed by atoms with Gasteiger partial charge in [-0.25, -0.2) is 0 Å². The van der Waals surface area contributed by atoms with Crippen molar-refractivity contribution < 1.29 is 23.9 Å². The fourth-order valence-corrected chi connectivity index (χ4v) is 8.10. The minimum absolute atomic E-state index is 0.111. The number of hydrogen-bond donors (Lipinski definition) is 2. The highest BCUT2D eigenvalue weighted by atomic mass is 16.5. The van der Waals surface area contributed by atoms with Gasteiger partial charge in [0.05, 0.1) is 17.9 Å². The van der Waals surface area contributed by atoms with Crippen molar-refractivity contribution in [1.82, 2.24) is 15.1 Å². The summed E-state index contributed by atoms with van der Waals surface area (Å²) >= 11 is 0. The third-order valence-corrected chi connectivity index (χ3v) is 10.3. The van der Waals surface area contributed by atoms with E-state index in [9.17, 15) is 14.4 Å². The number of hydrogen-bond acceptors (Lipinski definition) is 6. The Labute approximate surface area is 265 Å². The maximum Gasteiger partial charge on any atom is 0.246 e. The molecule has 1 saturated carbocycles. The molecule has 238 valence electrons. The van der Waals surface area contributed by atoms with E-state index < -0.39 is 29.6 Å². The monoisotopic (exact) mass is 612 g/mol. The van der Waals surface area contributed by atoms with Crippen LogP contribution in [-0.2, 0) is 19.1 Å². The molecule has 2 aromatic rings. The van der Waals surface area contributed by atoms with Crippen molar-refractivity contribution in [2.45, 2.75) is 81.6 Å². The minimum Gasteiger partial charge on any atom is -0.457 e. The number of amides is 3. The zero-order valence-corrected chi connectivity index (χ0v) is 25.9. The number of para-hydroxylation sites is 1. The molecular weight excluding hydrogens is 568 g/mol. The molecule has 7 rings (SSSR count). The predicted molar refractivity (Wildman–Crippen MR) is 171 cm³/mol. The van der Waals surface area contributed by atoms with Gasteiger partial charge < -0.3 is 29.9 Å². The Balaban J connectivity index is 1.09. The van der Waals surface area contributed by atoms with Crippen molar-refractivity contribution in [2.24, 2.45) is 11.8 Å². The van der Waals surface area contributed by atoms with Crippen molar-refractivity contribution in [3.8, 4) is 11.5 Å². The highest BCUT2D eigenvalue weighted by molar-refractivity contribution is 6.02. The second-order valence-electron chi connectivity index (χ2n) is 13.3. The standard InChI is InChI=1S/C36H44N4O5/c41-33(37-26-15-17-28(18-16-26)44-27-13-7-4-8-14-27)30-29-19-20-36(45-29)31(30)35(43)40(24-23-39-21-9-1-2-10-22-39)32(36)34(42)38-25-11-5-3-6-12-25/h4,7-8,13-20,25,29-32H,1-3,5-6,9-12,21-24H2,(H,37,41)(H,38,42)/t29-,30-,31-,32+,36-/m1/s1. The van der Waals surface area contributed by atoms with Crippen LogP contribution in [0, 0.1) is 11.8 Å². The molecule has 45 heavy (non-hydrogen) atoms. The van der Waals surface area contributed by atoms with E-state index >= 15 is 0 Å². The minimum atomic E-state index is -1.14. The van der Waals surface area contributed by atoms with E-state index in [-0.39, 0.29) is 23.8 Å². The molecule has 4 fully saturated rings. The summed E-state index contributed by atoms with van der Waals surface area (Å²) in [6, 6.07) is 16.0. The fraction of sp³-hybridized carbons (Fsp3) is 0.528. The van der Waals surface area contributed by atoms with Gasteiger partial charge in [-0.05, 0) is 75.2 Å². The number of likely N-dealkylation sites (tertiary alicyclic amines) is 2. The fourth-order valence-electron chi connectivity index (χ4n) is 8.10. The van der Waals surface area contributed by atoms with E-state index in [0.29, 0.717) is 24.5 Å². The molecule has 9 heteroatoms. The average molecular weight is 613 g/mol. The number of rotatable bonds is 9. The molecule has 0 radical (unpaired) electrons. The van der Waals surface area contributed by atoms with Crippen LogP contribution in [0.15, 0.2) is 66.7 Å². The first-order chi connectivity index (χ1) is 22.0. The molecular formula is C36H44N4O5. The molecule has 2 N–H and O–H groups in total. The number of nitrogens with zero attached hydrogens (tertiary/aromatic N) is 2. The van der Waals surface area contributed by atoms with Gasteiger partial charge in [0.1, 0.15) is 23.1 Å². The maximum absolute atomic E-state index is 14.3. The second-order valence-corrected chi connectivity index (χ2v) is 13.3. The lowest BCUT2D eigenvalue weighted by Crippen LogP contribution is -2.57. The van der Waals surface area contributed by atoms with Gasteiger partial charge in [-0.1, -0.05) is 62.5 Å². The third kappa shape index (κ3) is 6.00. The Morgan fingerprint density at radius 1 is 0.844 bits per heavy atom. The zero-order chi connectivity index (χ0) is 30.8. The topological polar surface area (TPSA) is 100 Å². The molecule has 9 nitrogen and oxygen atoms in total. The predicted octanol–water partition coefficient (Wildman–Crippen LogP) is 4.89. The lowest BCUT2D eigenvalue weighted by atomic mass is 9.74. The SMILES string of the molecule is O=C(Nc1ccc(Oc2ccccc2)cc1)[C@@H]1[C@H]2C=C[C@]3(O2)[C@H](C(=O)NC2CCCCC2)N(CCN2CCCCCC2)C(=O)[C@@H]13. The molecule has 3 saturated heterocycles. The summed E-state index contributed by atoms with van der Waals surface area (Å²) in [5, 5.41) is 6.30. The lowest BCUT2D eigenvalue weighted by molar-refractivity contribution is -0.141. The Morgan fingerprint density at radius 3 is 2.27 bits per heavy atom. The van der Waals surface area contributed by atoms with Crippen LogP contribution >= 0.6 is 0 Å².